The number of carbonyl (C=O) groups is 1. The van der Waals surface area contributed by atoms with Gasteiger partial charge in [0.2, 0.25) is 0 Å². The molecule has 2 aromatic rings. The highest BCUT2D eigenvalue weighted by atomic mass is 16.5. The number of aliphatic hydroxyl groups is 2. The molecule has 3 atom stereocenters. The van der Waals surface area contributed by atoms with E-state index < -0.39 is 6.10 Å². The van der Waals surface area contributed by atoms with E-state index in [1.54, 1.807) is 19.2 Å². The lowest BCUT2D eigenvalue weighted by Gasteiger charge is -2.10. The zero-order chi connectivity index (χ0) is 15.7. The van der Waals surface area contributed by atoms with Crippen LogP contribution in [0.25, 0.3) is 11.0 Å². The van der Waals surface area contributed by atoms with Gasteiger partial charge in [-0.2, -0.15) is 0 Å². The fourth-order valence-electron chi connectivity index (χ4n) is 2.98. The maximum Gasteiger partial charge on any atom is 0.287 e. The van der Waals surface area contributed by atoms with Gasteiger partial charge in [-0.05, 0) is 25.0 Å². The number of furan rings is 1. The zero-order valence-electron chi connectivity index (χ0n) is 12.3. The van der Waals surface area contributed by atoms with Gasteiger partial charge in [-0.1, -0.05) is 12.1 Å². The van der Waals surface area contributed by atoms with Crippen LogP contribution in [0.5, 0.6) is 5.75 Å². The summed E-state index contributed by atoms with van der Waals surface area (Å²) in [6, 6.07) is 6.96. The molecule has 0 aliphatic heterocycles. The van der Waals surface area contributed by atoms with Gasteiger partial charge in [0.05, 0.1) is 13.2 Å². The van der Waals surface area contributed by atoms with Gasteiger partial charge in [0.1, 0.15) is 0 Å². The molecular weight excluding hydrogens is 286 g/mol. The van der Waals surface area contributed by atoms with E-state index in [4.69, 9.17) is 14.3 Å². The summed E-state index contributed by atoms with van der Waals surface area (Å²) in [5.41, 5.74) is 0.537. The molecule has 1 amide bonds. The third kappa shape index (κ3) is 2.67. The molecule has 0 spiro atoms. The van der Waals surface area contributed by atoms with Crippen molar-refractivity contribution in [3.63, 3.8) is 0 Å². The van der Waals surface area contributed by atoms with Crippen LogP contribution < -0.4 is 10.1 Å². The molecule has 1 saturated carbocycles. The highest BCUT2D eigenvalue weighted by molar-refractivity contribution is 5.97. The lowest BCUT2D eigenvalue weighted by Crippen LogP contribution is -2.33. The Hall–Kier alpha value is -2.05. The smallest absolute Gasteiger partial charge is 0.287 e. The predicted octanol–water partition coefficient (Wildman–Crippen LogP) is 1.30. The summed E-state index contributed by atoms with van der Waals surface area (Å²) in [4.78, 5) is 12.3. The molecule has 1 heterocycles. The van der Waals surface area contributed by atoms with Gasteiger partial charge in [-0.3, -0.25) is 4.79 Å². The molecule has 1 aromatic carbocycles. The number of para-hydroxylation sites is 1. The second-order valence-electron chi connectivity index (χ2n) is 5.64. The molecule has 1 fully saturated rings. The Balaban J connectivity index is 1.76. The van der Waals surface area contributed by atoms with E-state index >= 15 is 0 Å². The second kappa shape index (κ2) is 5.98. The molecule has 3 rings (SSSR count). The SMILES string of the molecule is COc1cccc2cc(C(=O)N[C@H]3C[C@H](CO)[C@@H](O)C3)oc12. The number of nitrogens with one attached hydrogen (secondary N) is 1. The molecule has 1 aliphatic rings. The standard InChI is InChI=1S/C16H19NO5/c1-21-13-4-2-3-9-6-14(22-15(9)13)16(20)17-11-5-10(8-18)12(19)7-11/h2-4,6,10-12,18-19H,5,7-8H2,1H3,(H,17,20)/t10-,11+,12+/m1/s1. The van der Waals surface area contributed by atoms with Gasteiger partial charge < -0.3 is 24.7 Å². The Morgan fingerprint density at radius 1 is 1.45 bits per heavy atom. The van der Waals surface area contributed by atoms with Crippen LogP contribution in [0.2, 0.25) is 0 Å². The second-order valence-corrected chi connectivity index (χ2v) is 5.64. The molecule has 3 N–H and O–H groups in total. The normalized spacial score (nSPS) is 24.6. The number of fused-ring (bicyclic) bond motifs is 1. The number of carbonyl (C=O) groups excluding carboxylic acids is 1. The molecule has 22 heavy (non-hydrogen) atoms. The fourth-order valence-corrected chi connectivity index (χ4v) is 2.98. The summed E-state index contributed by atoms with van der Waals surface area (Å²) in [5, 5.41) is 22.6. The van der Waals surface area contributed by atoms with Crippen molar-refractivity contribution in [1.82, 2.24) is 5.32 Å². The van der Waals surface area contributed by atoms with Crippen molar-refractivity contribution < 1.29 is 24.2 Å². The Morgan fingerprint density at radius 2 is 2.27 bits per heavy atom. The number of amides is 1. The monoisotopic (exact) mass is 305 g/mol. The van der Waals surface area contributed by atoms with E-state index in [1.165, 1.54) is 0 Å². The minimum atomic E-state index is -0.578. The van der Waals surface area contributed by atoms with Crippen LogP contribution in [-0.2, 0) is 0 Å². The van der Waals surface area contributed by atoms with E-state index in [0.717, 1.165) is 5.39 Å². The van der Waals surface area contributed by atoms with Crippen molar-refractivity contribution in [2.24, 2.45) is 5.92 Å². The summed E-state index contributed by atoms with van der Waals surface area (Å²) in [5.74, 6) is 0.282. The first-order valence-electron chi connectivity index (χ1n) is 7.28. The summed E-state index contributed by atoms with van der Waals surface area (Å²) in [6.07, 6.45) is 0.430. The topological polar surface area (TPSA) is 91.9 Å². The number of benzene rings is 1. The summed E-state index contributed by atoms with van der Waals surface area (Å²) >= 11 is 0. The maximum atomic E-state index is 12.3. The molecule has 6 nitrogen and oxygen atoms in total. The van der Waals surface area contributed by atoms with E-state index in [9.17, 15) is 9.90 Å². The molecule has 0 unspecified atom stereocenters. The van der Waals surface area contributed by atoms with Crippen molar-refractivity contribution >= 4 is 16.9 Å². The summed E-state index contributed by atoms with van der Waals surface area (Å²) in [7, 11) is 1.55. The van der Waals surface area contributed by atoms with Crippen LogP contribution >= 0.6 is 0 Å². The van der Waals surface area contributed by atoms with Crippen LogP contribution in [0.15, 0.2) is 28.7 Å². The minimum absolute atomic E-state index is 0.0740. The van der Waals surface area contributed by atoms with Gasteiger partial charge in [0, 0.05) is 24.0 Å². The first-order valence-corrected chi connectivity index (χ1v) is 7.28. The Morgan fingerprint density at radius 3 is 2.95 bits per heavy atom. The molecule has 1 aromatic heterocycles. The molecule has 0 bridgehead atoms. The first kappa shape index (κ1) is 14.9. The van der Waals surface area contributed by atoms with Crippen LogP contribution in [0.1, 0.15) is 23.4 Å². The van der Waals surface area contributed by atoms with Crippen LogP contribution in [0.4, 0.5) is 0 Å². The van der Waals surface area contributed by atoms with Crippen molar-refractivity contribution in [2.75, 3.05) is 13.7 Å². The zero-order valence-corrected chi connectivity index (χ0v) is 12.3. The number of aliphatic hydroxyl groups excluding tert-OH is 2. The summed E-state index contributed by atoms with van der Waals surface area (Å²) < 4.78 is 10.8. The van der Waals surface area contributed by atoms with E-state index in [-0.39, 0.29) is 30.2 Å². The lowest BCUT2D eigenvalue weighted by atomic mass is 10.1. The van der Waals surface area contributed by atoms with Gasteiger partial charge in [0.15, 0.2) is 17.1 Å². The van der Waals surface area contributed by atoms with Crippen LogP contribution in [-0.4, -0.2) is 42.0 Å². The molecule has 6 heteroatoms. The summed E-state index contributed by atoms with van der Waals surface area (Å²) in [6.45, 7) is -0.0740. The molecule has 0 radical (unpaired) electrons. The first-order chi connectivity index (χ1) is 10.6. The van der Waals surface area contributed by atoms with E-state index in [2.05, 4.69) is 5.32 Å². The average Bonchev–Trinajstić information content (AvgIpc) is 3.09. The number of methoxy groups -OCH3 is 1. The van der Waals surface area contributed by atoms with Crippen molar-refractivity contribution in [3.8, 4) is 5.75 Å². The largest absolute Gasteiger partial charge is 0.493 e. The minimum Gasteiger partial charge on any atom is -0.493 e. The lowest BCUT2D eigenvalue weighted by molar-refractivity contribution is 0.0896. The van der Waals surface area contributed by atoms with Crippen molar-refractivity contribution in [3.05, 3.63) is 30.0 Å². The van der Waals surface area contributed by atoms with Crippen LogP contribution in [0.3, 0.4) is 0 Å². The fraction of sp³-hybridized carbons (Fsp3) is 0.438. The van der Waals surface area contributed by atoms with Gasteiger partial charge in [-0.15, -0.1) is 0 Å². The Labute approximate surface area is 127 Å². The number of hydrogen-bond donors (Lipinski definition) is 3. The third-order valence-electron chi connectivity index (χ3n) is 4.18. The Bertz CT molecular complexity index is 680. The Kier molecular flexibility index (Phi) is 4.04. The van der Waals surface area contributed by atoms with E-state index in [0.29, 0.717) is 24.2 Å². The number of rotatable bonds is 4. The van der Waals surface area contributed by atoms with Gasteiger partial charge in [-0.25, -0.2) is 0 Å². The molecule has 0 saturated heterocycles. The van der Waals surface area contributed by atoms with Gasteiger partial charge in [0.25, 0.3) is 5.91 Å². The average molecular weight is 305 g/mol. The predicted molar refractivity (Wildman–Crippen MR) is 79.8 cm³/mol. The molecule has 118 valence electrons. The number of hydrogen-bond acceptors (Lipinski definition) is 5. The van der Waals surface area contributed by atoms with Crippen molar-refractivity contribution in [2.45, 2.75) is 25.0 Å². The van der Waals surface area contributed by atoms with Crippen molar-refractivity contribution in [1.29, 1.82) is 0 Å². The third-order valence-corrected chi connectivity index (χ3v) is 4.18. The highest BCUT2D eigenvalue weighted by Crippen LogP contribution is 2.29. The van der Waals surface area contributed by atoms with E-state index in [1.807, 2.05) is 12.1 Å². The molecule has 1 aliphatic carbocycles. The van der Waals surface area contributed by atoms with Crippen LogP contribution in [0, 0.1) is 5.92 Å². The highest BCUT2D eigenvalue weighted by Gasteiger charge is 2.33. The number of ether oxygens (including phenoxy) is 1. The maximum absolute atomic E-state index is 12.3. The quantitative estimate of drug-likeness (QED) is 0.792. The van der Waals surface area contributed by atoms with Gasteiger partial charge >= 0.3 is 0 Å². The molecular formula is C16H19NO5.